The number of nitrogens with zero attached hydrogens (tertiary/aromatic N) is 4. The van der Waals surface area contributed by atoms with Crippen LogP contribution in [0.2, 0.25) is 0 Å². The molecule has 1 amide bonds. The number of aromatic nitrogens is 3. The van der Waals surface area contributed by atoms with Crippen LogP contribution in [0.5, 0.6) is 0 Å². The first-order valence-corrected chi connectivity index (χ1v) is 11.6. The molecule has 0 radical (unpaired) electrons. The second-order valence-corrected chi connectivity index (χ2v) is 10.4. The molecular weight excluding hydrogens is 478 g/mol. The fourth-order valence-corrected chi connectivity index (χ4v) is 5.41. The van der Waals surface area contributed by atoms with E-state index in [0.29, 0.717) is 23.9 Å². The van der Waals surface area contributed by atoms with E-state index >= 15 is 0 Å². The fourth-order valence-electron chi connectivity index (χ4n) is 2.57. The van der Waals surface area contributed by atoms with Crippen molar-refractivity contribution >= 4 is 41.9 Å². The number of amides is 1. The number of primary sulfonamides is 1. The average molecular weight is 494 g/mol. The van der Waals surface area contributed by atoms with Gasteiger partial charge in [-0.15, -0.1) is 5.10 Å². The van der Waals surface area contributed by atoms with E-state index in [-0.39, 0.29) is 26.0 Å². The van der Waals surface area contributed by atoms with E-state index in [4.69, 9.17) is 9.88 Å². The minimum Gasteiger partial charge on any atom is -0.379 e. The van der Waals surface area contributed by atoms with Crippen LogP contribution in [0.3, 0.4) is 0 Å². The van der Waals surface area contributed by atoms with Crippen molar-refractivity contribution in [2.24, 2.45) is 5.14 Å². The molecule has 2 heterocycles. The second kappa shape index (κ2) is 7.51. The van der Waals surface area contributed by atoms with Crippen LogP contribution in [0.4, 0.5) is 0 Å². The molecule has 14 heteroatoms. The summed E-state index contributed by atoms with van der Waals surface area (Å²) in [6, 6.07) is 3.09. The summed E-state index contributed by atoms with van der Waals surface area (Å²) in [6.07, 6.45) is 2.08. The molecule has 1 atom stereocenters. The van der Waals surface area contributed by atoms with E-state index in [2.05, 4.69) is 26.2 Å². The maximum Gasteiger partial charge on any atom is 0.289 e. The molecular formula is C14H16BrN5O6S2. The molecule has 2 N–H and O–H groups in total. The molecule has 1 aromatic carbocycles. The fraction of sp³-hybridized carbons (Fsp3) is 0.357. The van der Waals surface area contributed by atoms with Crippen LogP contribution in [0.1, 0.15) is 23.0 Å². The van der Waals surface area contributed by atoms with Crippen LogP contribution in [-0.4, -0.2) is 62.3 Å². The molecule has 152 valence electrons. The largest absolute Gasteiger partial charge is 0.379 e. The number of hydrogen-bond donors (Lipinski definition) is 1. The van der Waals surface area contributed by atoms with Gasteiger partial charge in [-0.25, -0.2) is 31.0 Å². The summed E-state index contributed by atoms with van der Waals surface area (Å²) in [5.74, 6) is -0.882. The van der Waals surface area contributed by atoms with E-state index in [9.17, 15) is 21.6 Å². The molecule has 1 unspecified atom stereocenters. The van der Waals surface area contributed by atoms with Crippen molar-refractivity contribution in [2.45, 2.75) is 22.3 Å². The number of rotatable bonds is 5. The van der Waals surface area contributed by atoms with Crippen LogP contribution < -0.4 is 5.14 Å². The topological polar surface area (TPSA) is 155 Å². The highest BCUT2D eigenvalue weighted by molar-refractivity contribution is 9.10. The maximum atomic E-state index is 12.8. The lowest BCUT2D eigenvalue weighted by atomic mass is 10.3. The van der Waals surface area contributed by atoms with Gasteiger partial charge in [-0.1, -0.05) is 5.21 Å². The molecule has 1 saturated heterocycles. The molecule has 3 rings (SSSR count). The summed E-state index contributed by atoms with van der Waals surface area (Å²) in [6.45, 7) is 1.01. The predicted octanol–water partition coefficient (Wildman–Crippen LogP) is 0.110. The molecule has 1 fully saturated rings. The Morgan fingerprint density at radius 1 is 1.36 bits per heavy atom. The van der Waals surface area contributed by atoms with Gasteiger partial charge in [0.05, 0.1) is 23.7 Å². The first kappa shape index (κ1) is 20.9. The summed E-state index contributed by atoms with van der Waals surface area (Å²) in [5, 5.41) is 12.7. The monoisotopic (exact) mass is 493 g/mol. The first-order valence-electron chi connectivity index (χ1n) is 7.87. The number of hydrogen-bond acceptors (Lipinski definition) is 8. The van der Waals surface area contributed by atoms with Crippen molar-refractivity contribution in [3.8, 4) is 0 Å². The van der Waals surface area contributed by atoms with Gasteiger partial charge in [0.15, 0.2) is 5.69 Å². The van der Waals surface area contributed by atoms with Crippen molar-refractivity contribution in [3.05, 3.63) is 34.6 Å². The Kier molecular flexibility index (Phi) is 5.60. The van der Waals surface area contributed by atoms with E-state index in [0.717, 1.165) is 25.2 Å². The molecule has 28 heavy (non-hydrogen) atoms. The van der Waals surface area contributed by atoms with Gasteiger partial charge >= 0.3 is 0 Å². The number of halogens is 1. The van der Waals surface area contributed by atoms with E-state index in [1.54, 1.807) is 0 Å². The van der Waals surface area contributed by atoms with E-state index in [1.807, 2.05) is 0 Å². The molecule has 11 nitrogen and oxygen atoms in total. The average Bonchev–Trinajstić information content (AvgIpc) is 3.30. The van der Waals surface area contributed by atoms with Crippen LogP contribution in [0.15, 0.2) is 38.7 Å². The molecule has 1 aromatic heterocycles. The van der Waals surface area contributed by atoms with Gasteiger partial charge in [-0.2, -0.15) is 0 Å². The Labute approximate surface area is 169 Å². The smallest absolute Gasteiger partial charge is 0.289 e. The minimum atomic E-state index is -4.29. The van der Waals surface area contributed by atoms with Crippen molar-refractivity contribution in [2.75, 3.05) is 20.3 Å². The standard InChI is InChI=1S/C14H16BrN5O6S2/c1-19(14(21)12-7-20(18-17-12)9-4-5-26-8-9)28(24,25)13-3-2-10(6-11(13)15)27(16,22)23/h2-3,6-7,9H,4-5,8H2,1H3,(H2,16,22,23). The highest BCUT2D eigenvalue weighted by Crippen LogP contribution is 2.27. The third-order valence-electron chi connectivity index (χ3n) is 4.17. The zero-order chi connectivity index (χ0) is 20.7. The van der Waals surface area contributed by atoms with E-state index < -0.39 is 26.0 Å². The van der Waals surface area contributed by atoms with Crippen molar-refractivity contribution in [3.63, 3.8) is 0 Å². The van der Waals surface area contributed by atoms with Gasteiger partial charge in [0, 0.05) is 18.1 Å². The normalized spacial score (nSPS) is 17.6. The highest BCUT2D eigenvalue weighted by atomic mass is 79.9. The molecule has 1 aliphatic rings. The van der Waals surface area contributed by atoms with Crippen LogP contribution in [0, 0.1) is 0 Å². The van der Waals surface area contributed by atoms with Gasteiger partial charge in [-0.05, 0) is 40.5 Å². The van der Waals surface area contributed by atoms with Crippen LogP contribution in [-0.2, 0) is 24.8 Å². The number of ether oxygens (including phenoxy) is 1. The summed E-state index contributed by atoms with van der Waals surface area (Å²) in [7, 11) is -7.22. The van der Waals surface area contributed by atoms with Crippen LogP contribution >= 0.6 is 15.9 Å². The number of nitrogens with two attached hydrogens (primary N) is 1. The zero-order valence-electron chi connectivity index (χ0n) is 14.5. The Morgan fingerprint density at radius 2 is 2.07 bits per heavy atom. The molecule has 1 aliphatic heterocycles. The van der Waals surface area contributed by atoms with Crippen LogP contribution in [0.25, 0.3) is 0 Å². The Morgan fingerprint density at radius 3 is 2.64 bits per heavy atom. The minimum absolute atomic E-state index is 0.0505. The number of carbonyl (C=O) groups excluding carboxylic acids is 1. The molecule has 0 bridgehead atoms. The van der Waals surface area contributed by atoms with Crippen molar-refractivity contribution in [1.29, 1.82) is 0 Å². The molecule has 0 spiro atoms. The summed E-state index contributed by atoms with van der Waals surface area (Å²) in [5.41, 5.74) is -0.143. The van der Waals surface area contributed by atoms with Gasteiger partial charge < -0.3 is 4.74 Å². The molecule has 0 aliphatic carbocycles. The summed E-state index contributed by atoms with van der Waals surface area (Å²) >= 11 is 3.01. The Bertz CT molecular complexity index is 1120. The Balaban J connectivity index is 1.88. The third-order valence-corrected chi connectivity index (χ3v) is 7.79. The number of benzene rings is 1. The predicted molar refractivity (Wildman–Crippen MR) is 99.3 cm³/mol. The van der Waals surface area contributed by atoms with Gasteiger partial charge in [0.1, 0.15) is 4.90 Å². The molecule has 0 saturated carbocycles. The third kappa shape index (κ3) is 3.96. The highest BCUT2D eigenvalue weighted by Gasteiger charge is 2.31. The van der Waals surface area contributed by atoms with Gasteiger partial charge in [0.25, 0.3) is 15.9 Å². The summed E-state index contributed by atoms with van der Waals surface area (Å²) in [4.78, 5) is 12.0. The molecule has 2 aromatic rings. The van der Waals surface area contributed by atoms with Crippen molar-refractivity contribution in [1.82, 2.24) is 19.3 Å². The van der Waals surface area contributed by atoms with E-state index in [1.165, 1.54) is 10.9 Å². The quantitative estimate of drug-likeness (QED) is 0.614. The van der Waals surface area contributed by atoms with Gasteiger partial charge in [0.2, 0.25) is 10.0 Å². The lowest BCUT2D eigenvalue weighted by Crippen LogP contribution is -2.33. The van der Waals surface area contributed by atoms with Crippen molar-refractivity contribution < 1.29 is 26.4 Å². The summed E-state index contributed by atoms with van der Waals surface area (Å²) < 4.78 is 55.6. The Hall–Kier alpha value is -1.87. The lowest BCUT2D eigenvalue weighted by Gasteiger charge is -2.17. The SMILES string of the molecule is CN(C(=O)c1cn(C2CCOC2)nn1)S(=O)(=O)c1ccc(S(N)(=O)=O)cc1Br. The lowest BCUT2D eigenvalue weighted by molar-refractivity contribution is 0.0877. The first-order chi connectivity index (χ1) is 13.0. The number of sulfonamides is 2. The maximum absolute atomic E-state index is 12.8. The number of carbonyl (C=O) groups is 1. The van der Waals surface area contributed by atoms with Gasteiger partial charge in [-0.3, -0.25) is 4.79 Å². The second-order valence-electron chi connectivity index (χ2n) is 6.02. The zero-order valence-corrected chi connectivity index (χ0v) is 17.7.